The number of aromatic nitrogens is 2. The number of carboxylic acid groups (broad SMARTS) is 2. The fraction of sp³-hybridized carbons (Fsp3) is 0.380. The first-order valence-electron chi connectivity index (χ1n) is 22.7. The van der Waals surface area contributed by atoms with Crippen LogP contribution in [0.1, 0.15) is 71.0 Å². The minimum absolute atomic E-state index is 0.0298. The molecule has 0 saturated heterocycles. The monoisotopic (exact) mass is 987 g/mol. The summed E-state index contributed by atoms with van der Waals surface area (Å²) in [7, 11) is 1.40. The standard InChI is InChI=1S/C37H38N6O9.C9H16.C3H5NO3.CH3Cl/c1-23-4-3-5-28-31(52-37(50)41(16-18-51-19-17-44)15-14-40(2)36(48)49)20-30-27(33(23)28)12-13-43(30)35(47)29-22-42-21-25(8-11-32(42)39-29)38-34(46)24-6-9-26(45)10-7-24;1-9-7-5-3-2-4-6-8-9;5-2-4-1-3(6)7;1-2/h3-11,20-22,44-45H,12-19H2,1-2H3,(H,38,46)(H,48,49);2-3,9H,4-8H2,1H3;2H,1H2,(H,4,5)(H,6,7);1H3/b;3-2+;;. The number of amides is 5. The van der Waals surface area contributed by atoms with Gasteiger partial charge in [0.1, 0.15) is 29.4 Å². The van der Waals surface area contributed by atoms with Gasteiger partial charge in [0.25, 0.3) is 11.8 Å². The number of carbonyl (C=O) groups excluding carboxylic acids is 4. The van der Waals surface area contributed by atoms with Crippen LogP contribution in [0.2, 0.25) is 0 Å². The molecule has 6 N–H and O–H groups in total. The van der Waals surface area contributed by atoms with Crippen molar-refractivity contribution in [2.75, 3.05) is 76.2 Å². The lowest BCUT2D eigenvalue weighted by molar-refractivity contribution is -0.136. The van der Waals surface area contributed by atoms with Crippen LogP contribution in [0.15, 0.2) is 85.2 Å². The Morgan fingerprint density at radius 3 is 2.37 bits per heavy atom. The third-order valence-electron chi connectivity index (χ3n) is 11.2. The number of fused-ring (bicyclic) bond motifs is 4. The molecule has 0 bridgehead atoms. The smallest absolute Gasteiger partial charge is 0.415 e. The van der Waals surface area contributed by atoms with Crippen molar-refractivity contribution in [3.05, 3.63) is 108 Å². The SMILES string of the molecule is CC1CC/C=C/CCC1.CCl.Cc1cccc2c(OC(=O)N(CCOCCO)CCN(C)C(=O)O)cc3c(c12)CCN3C(=O)c1cn2cc(NC(=O)c3ccc(O)cc3)ccc2n1.O=CNCC(=O)O. The largest absolute Gasteiger partial charge is 0.508 e. The number of aryl methyl sites for hydroxylation is 1. The Balaban J connectivity index is 0.000000500. The summed E-state index contributed by atoms with van der Waals surface area (Å²) in [5.74, 6) is -0.506. The van der Waals surface area contributed by atoms with Crippen LogP contribution in [0.5, 0.6) is 11.5 Å². The molecule has 5 amide bonds. The summed E-state index contributed by atoms with van der Waals surface area (Å²) in [6, 6.07) is 16.6. The van der Waals surface area contributed by atoms with Crippen LogP contribution in [-0.2, 0) is 20.7 Å². The number of aliphatic hydroxyl groups is 1. The number of likely N-dealkylation sites (N-methyl/N-ethyl adjacent to an activating group) is 1. The molecule has 20 heteroatoms. The lowest BCUT2D eigenvalue weighted by Crippen LogP contribution is -2.42. The van der Waals surface area contributed by atoms with Crippen LogP contribution >= 0.6 is 11.6 Å². The quantitative estimate of drug-likeness (QED) is 0.0263. The Kier molecular flexibility index (Phi) is 22.4. The first kappa shape index (κ1) is 55.4. The number of benzene rings is 3. The van der Waals surface area contributed by atoms with Gasteiger partial charge in [0.05, 0.1) is 31.2 Å². The van der Waals surface area contributed by atoms with Gasteiger partial charge < -0.3 is 59.6 Å². The topological polar surface area (TPSA) is 253 Å². The molecule has 19 nitrogen and oxygen atoms in total. The van der Waals surface area contributed by atoms with E-state index in [0.717, 1.165) is 27.3 Å². The van der Waals surface area contributed by atoms with Crippen LogP contribution in [0.4, 0.5) is 21.0 Å². The van der Waals surface area contributed by atoms with Gasteiger partial charge in [-0.15, -0.1) is 11.6 Å². The number of nitrogens with one attached hydrogen (secondary N) is 2. The molecule has 5 aromatic rings. The fourth-order valence-corrected chi connectivity index (χ4v) is 7.58. The number of halogens is 1. The normalized spacial score (nSPS) is 14.1. The molecular weight excluding hydrogens is 926 g/mol. The molecule has 3 aromatic carbocycles. The van der Waals surface area contributed by atoms with E-state index in [2.05, 4.69) is 41.0 Å². The predicted octanol–water partition coefficient (Wildman–Crippen LogP) is 7.19. The number of imidazole rings is 1. The number of carboxylic acids is 1. The third kappa shape index (κ3) is 16.2. The summed E-state index contributed by atoms with van der Waals surface area (Å²) in [5, 5.41) is 42.1. The molecule has 0 spiro atoms. The molecule has 0 saturated carbocycles. The minimum atomic E-state index is -1.14. The first-order chi connectivity index (χ1) is 33.7. The number of aromatic hydroxyl groups is 1. The summed E-state index contributed by atoms with van der Waals surface area (Å²) >= 11 is 4.64. The van der Waals surface area contributed by atoms with Crippen molar-refractivity contribution >= 4 is 75.8 Å². The highest BCUT2D eigenvalue weighted by Gasteiger charge is 2.31. The van der Waals surface area contributed by atoms with Crippen molar-refractivity contribution in [1.29, 1.82) is 0 Å². The van der Waals surface area contributed by atoms with Gasteiger partial charge in [-0.3, -0.25) is 19.2 Å². The molecular formula is C50H62ClN7O12. The highest BCUT2D eigenvalue weighted by atomic mass is 35.5. The Morgan fingerprint density at radius 1 is 0.943 bits per heavy atom. The maximum atomic E-state index is 14.1. The summed E-state index contributed by atoms with van der Waals surface area (Å²) < 4.78 is 13.0. The minimum Gasteiger partial charge on any atom is -0.508 e. The molecule has 376 valence electrons. The maximum Gasteiger partial charge on any atom is 0.415 e. The first-order valence-corrected chi connectivity index (χ1v) is 23.4. The van der Waals surface area contributed by atoms with Gasteiger partial charge in [-0.05, 0) is 97.9 Å². The van der Waals surface area contributed by atoms with E-state index in [4.69, 9.17) is 19.7 Å². The predicted molar refractivity (Wildman–Crippen MR) is 266 cm³/mol. The van der Waals surface area contributed by atoms with E-state index in [1.54, 1.807) is 39.9 Å². The number of phenols is 1. The van der Waals surface area contributed by atoms with Crippen molar-refractivity contribution in [3.63, 3.8) is 0 Å². The molecule has 7 rings (SSSR count). The van der Waals surface area contributed by atoms with Crippen LogP contribution in [-0.4, -0.2) is 142 Å². The molecule has 1 unspecified atom stereocenters. The van der Waals surface area contributed by atoms with E-state index in [1.165, 1.54) is 74.7 Å². The highest BCUT2D eigenvalue weighted by molar-refractivity contribution is 6.15. The van der Waals surface area contributed by atoms with Gasteiger partial charge in [-0.25, -0.2) is 14.6 Å². The van der Waals surface area contributed by atoms with E-state index in [1.807, 2.05) is 30.4 Å². The summed E-state index contributed by atoms with van der Waals surface area (Å²) in [6.45, 7) is 4.54. The van der Waals surface area contributed by atoms with Crippen molar-refractivity contribution in [1.82, 2.24) is 24.5 Å². The molecule has 2 aliphatic rings. The van der Waals surface area contributed by atoms with Gasteiger partial charge in [0.2, 0.25) is 6.41 Å². The molecule has 1 aliphatic carbocycles. The lowest BCUT2D eigenvalue weighted by atomic mass is 9.96. The number of phenolic OH excluding ortho intramolecular Hbond substituents is 1. The van der Waals surface area contributed by atoms with Crippen LogP contribution in [0.3, 0.4) is 0 Å². The molecule has 70 heavy (non-hydrogen) atoms. The number of carbonyl (C=O) groups is 6. The van der Waals surface area contributed by atoms with Gasteiger partial charge in [0.15, 0.2) is 0 Å². The van der Waals surface area contributed by atoms with Gasteiger partial charge >= 0.3 is 18.2 Å². The summed E-state index contributed by atoms with van der Waals surface area (Å²) in [4.78, 5) is 79.2. The van der Waals surface area contributed by atoms with Crippen molar-refractivity contribution in [2.24, 2.45) is 5.92 Å². The summed E-state index contributed by atoms with van der Waals surface area (Å²) in [5.41, 5.74) is 3.96. The average Bonchev–Trinajstić information content (AvgIpc) is 3.97. The zero-order chi connectivity index (χ0) is 51.2. The number of aliphatic carboxylic acids is 1. The Labute approximate surface area is 411 Å². The number of hydrogen-bond acceptors (Lipinski definition) is 11. The molecule has 2 aromatic heterocycles. The molecule has 0 radical (unpaired) electrons. The number of alkyl halides is 1. The van der Waals surface area contributed by atoms with Crippen LogP contribution in [0.25, 0.3) is 16.4 Å². The van der Waals surface area contributed by atoms with Crippen LogP contribution < -0.4 is 20.3 Å². The number of ether oxygens (including phenoxy) is 2. The number of aliphatic hydroxyl groups excluding tert-OH is 1. The van der Waals surface area contributed by atoms with E-state index >= 15 is 0 Å². The van der Waals surface area contributed by atoms with Crippen molar-refractivity contribution in [2.45, 2.75) is 52.4 Å². The van der Waals surface area contributed by atoms with E-state index in [9.17, 15) is 39.0 Å². The van der Waals surface area contributed by atoms with Gasteiger partial charge in [-0.2, -0.15) is 0 Å². The maximum absolute atomic E-state index is 14.1. The number of hydrogen-bond donors (Lipinski definition) is 6. The van der Waals surface area contributed by atoms with Gasteiger partial charge in [0, 0.05) is 69.0 Å². The zero-order valence-electron chi connectivity index (χ0n) is 39.8. The number of anilines is 2. The number of rotatable bonds is 15. The Bertz CT molecular complexity index is 2590. The van der Waals surface area contributed by atoms with Gasteiger partial charge in [-0.1, -0.05) is 43.7 Å². The van der Waals surface area contributed by atoms with Crippen molar-refractivity contribution < 1.29 is 58.7 Å². The summed E-state index contributed by atoms with van der Waals surface area (Å²) in [6.07, 6.45) is 15.3. The number of pyridine rings is 1. The Hall–Kier alpha value is -7.22. The lowest BCUT2D eigenvalue weighted by Gasteiger charge is -2.25. The van der Waals surface area contributed by atoms with E-state index in [-0.39, 0.29) is 75.0 Å². The fourth-order valence-electron chi connectivity index (χ4n) is 7.58. The second kappa shape index (κ2) is 28.3. The van der Waals surface area contributed by atoms with E-state index in [0.29, 0.717) is 47.3 Å². The average molecular weight is 989 g/mol. The third-order valence-corrected chi connectivity index (χ3v) is 11.2. The van der Waals surface area contributed by atoms with Crippen molar-refractivity contribution in [3.8, 4) is 11.5 Å². The number of nitrogens with zero attached hydrogens (tertiary/aromatic N) is 5. The number of allylic oxidation sites excluding steroid dienone is 2. The molecule has 3 heterocycles. The second-order valence-corrected chi connectivity index (χ2v) is 16.3. The molecule has 1 atom stereocenters. The zero-order valence-corrected chi connectivity index (χ0v) is 40.6. The van der Waals surface area contributed by atoms with Crippen LogP contribution in [0, 0.1) is 12.8 Å². The molecule has 0 fully saturated rings. The van der Waals surface area contributed by atoms with E-state index < -0.39 is 18.2 Å². The Morgan fingerprint density at radius 2 is 1.69 bits per heavy atom. The highest BCUT2D eigenvalue weighted by Crippen LogP contribution is 2.42. The second-order valence-electron chi connectivity index (χ2n) is 16.3. The molecule has 1 aliphatic heterocycles.